The van der Waals surface area contributed by atoms with Gasteiger partial charge in [0, 0.05) is 7.05 Å². The number of rotatable bonds is 1. The molecule has 5 nitrogen and oxygen atoms in total. The fraction of sp³-hybridized carbons (Fsp3) is 0.364. The number of amides is 2. The summed E-state index contributed by atoms with van der Waals surface area (Å²) in [6.07, 6.45) is 1.87. The summed E-state index contributed by atoms with van der Waals surface area (Å²) in [6.45, 7) is 0.727. The summed E-state index contributed by atoms with van der Waals surface area (Å²) < 4.78 is 5.44. The maximum Gasteiger partial charge on any atom is 0.345 e. The first-order valence-electron chi connectivity index (χ1n) is 5.19. The van der Waals surface area contributed by atoms with Gasteiger partial charge in [0.2, 0.25) is 0 Å². The van der Waals surface area contributed by atoms with Crippen LogP contribution in [0.3, 0.4) is 0 Å². The highest BCUT2D eigenvalue weighted by Gasteiger charge is 2.15. The molecular formula is C11H14N2O3. The Morgan fingerprint density at radius 1 is 1.56 bits per heavy atom. The number of anilines is 1. The third kappa shape index (κ3) is 1.94. The predicted octanol–water partition coefficient (Wildman–Crippen LogP) is 1.55. The second-order valence-corrected chi connectivity index (χ2v) is 3.61. The summed E-state index contributed by atoms with van der Waals surface area (Å²) in [6, 6.07) is 4.63. The van der Waals surface area contributed by atoms with Gasteiger partial charge in [0.15, 0.2) is 0 Å². The molecule has 2 amide bonds. The van der Waals surface area contributed by atoms with Gasteiger partial charge in [-0.1, -0.05) is 0 Å². The van der Waals surface area contributed by atoms with Crippen molar-refractivity contribution in [3.8, 4) is 5.75 Å². The van der Waals surface area contributed by atoms with Crippen molar-refractivity contribution in [1.29, 1.82) is 0 Å². The number of carbonyl (C=O) groups is 1. The Hall–Kier alpha value is -1.75. The lowest BCUT2D eigenvalue weighted by atomic mass is 10.1. The van der Waals surface area contributed by atoms with Gasteiger partial charge in [0.25, 0.3) is 0 Å². The van der Waals surface area contributed by atoms with Crippen molar-refractivity contribution in [2.24, 2.45) is 0 Å². The van der Waals surface area contributed by atoms with Crippen LogP contribution in [0.1, 0.15) is 12.0 Å². The van der Waals surface area contributed by atoms with E-state index >= 15 is 0 Å². The molecule has 0 aliphatic carbocycles. The van der Waals surface area contributed by atoms with Crippen molar-refractivity contribution in [2.75, 3.05) is 18.7 Å². The SMILES string of the molecule is CNC(=O)N(O)c1ccc2c(c1)CCCO2. The van der Waals surface area contributed by atoms with Crippen molar-refractivity contribution in [1.82, 2.24) is 5.32 Å². The largest absolute Gasteiger partial charge is 0.493 e. The Kier molecular flexibility index (Phi) is 2.96. The van der Waals surface area contributed by atoms with E-state index in [0.717, 1.165) is 30.8 Å². The van der Waals surface area contributed by atoms with Gasteiger partial charge in [-0.15, -0.1) is 0 Å². The van der Waals surface area contributed by atoms with E-state index in [-0.39, 0.29) is 0 Å². The molecule has 0 atom stereocenters. The molecule has 1 aromatic carbocycles. The van der Waals surface area contributed by atoms with Crippen LogP contribution in [-0.2, 0) is 6.42 Å². The molecule has 0 radical (unpaired) electrons. The zero-order valence-corrected chi connectivity index (χ0v) is 9.06. The number of ether oxygens (including phenoxy) is 1. The second kappa shape index (κ2) is 4.40. The van der Waals surface area contributed by atoms with E-state index in [2.05, 4.69) is 5.32 Å². The maximum atomic E-state index is 11.2. The first-order chi connectivity index (χ1) is 7.72. The number of urea groups is 1. The van der Waals surface area contributed by atoms with Gasteiger partial charge in [-0.3, -0.25) is 5.21 Å². The van der Waals surface area contributed by atoms with E-state index in [1.807, 2.05) is 0 Å². The van der Waals surface area contributed by atoms with Gasteiger partial charge >= 0.3 is 6.03 Å². The number of fused-ring (bicyclic) bond motifs is 1. The minimum Gasteiger partial charge on any atom is -0.493 e. The number of aryl methyl sites for hydroxylation is 1. The van der Waals surface area contributed by atoms with Gasteiger partial charge in [-0.25, -0.2) is 4.79 Å². The fourth-order valence-corrected chi connectivity index (χ4v) is 1.70. The Morgan fingerprint density at radius 2 is 2.38 bits per heavy atom. The number of benzene rings is 1. The zero-order chi connectivity index (χ0) is 11.5. The molecule has 0 saturated heterocycles. The van der Waals surface area contributed by atoms with Crippen LogP contribution in [0, 0.1) is 0 Å². The zero-order valence-electron chi connectivity index (χ0n) is 9.06. The third-order valence-corrected chi connectivity index (χ3v) is 2.54. The molecule has 1 heterocycles. The number of nitrogens with one attached hydrogen (secondary N) is 1. The van der Waals surface area contributed by atoms with E-state index in [9.17, 15) is 10.0 Å². The second-order valence-electron chi connectivity index (χ2n) is 3.61. The van der Waals surface area contributed by atoms with E-state index in [1.165, 1.54) is 7.05 Å². The Balaban J connectivity index is 2.26. The van der Waals surface area contributed by atoms with Crippen molar-refractivity contribution in [3.05, 3.63) is 23.8 Å². The molecule has 86 valence electrons. The molecule has 0 spiro atoms. The maximum absolute atomic E-state index is 11.2. The normalized spacial score (nSPS) is 13.6. The highest BCUT2D eigenvalue weighted by Crippen LogP contribution is 2.28. The molecule has 2 N–H and O–H groups in total. The molecule has 0 unspecified atom stereocenters. The lowest BCUT2D eigenvalue weighted by Crippen LogP contribution is -2.35. The highest BCUT2D eigenvalue weighted by atomic mass is 16.5. The number of hydrogen-bond donors (Lipinski definition) is 2. The number of carbonyl (C=O) groups excluding carboxylic acids is 1. The van der Waals surface area contributed by atoms with Gasteiger partial charge in [-0.05, 0) is 36.6 Å². The first-order valence-corrected chi connectivity index (χ1v) is 5.19. The summed E-state index contributed by atoms with van der Waals surface area (Å²) in [5.41, 5.74) is 1.47. The Morgan fingerprint density at radius 3 is 3.12 bits per heavy atom. The van der Waals surface area contributed by atoms with Crippen molar-refractivity contribution in [3.63, 3.8) is 0 Å². The van der Waals surface area contributed by atoms with Crippen molar-refractivity contribution in [2.45, 2.75) is 12.8 Å². The van der Waals surface area contributed by atoms with E-state index in [1.54, 1.807) is 18.2 Å². The molecule has 0 aromatic heterocycles. The topological polar surface area (TPSA) is 61.8 Å². The molecule has 0 fully saturated rings. The summed E-state index contributed by atoms with van der Waals surface area (Å²) in [7, 11) is 1.47. The molecule has 1 aliphatic rings. The van der Waals surface area contributed by atoms with E-state index < -0.39 is 6.03 Å². The molecule has 16 heavy (non-hydrogen) atoms. The molecule has 5 heteroatoms. The quantitative estimate of drug-likeness (QED) is 0.559. The van der Waals surface area contributed by atoms with Crippen LogP contribution in [0.15, 0.2) is 18.2 Å². The Bertz CT molecular complexity index is 406. The fourth-order valence-electron chi connectivity index (χ4n) is 1.70. The average molecular weight is 222 g/mol. The van der Waals surface area contributed by atoms with Gasteiger partial charge in [-0.2, -0.15) is 5.06 Å². The third-order valence-electron chi connectivity index (χ3n) is 2.54. The standard InChI is InChI=1S/C11H14N2O3/c1-12-11(14)13(15)9-4-5-10-8(7-9)3-2-6-16-10/h4-5,7,15H,2-3,6H2,1H3,(H,12,14). The summed E-state index contributed by atoms with van der Waals surface area (Å²) in [4.78, 5) is 11.2. The molecule has 1 aliphatic heterocycles. The van der Waals surface area contributed by atoms with Crippen LogP contribution in [0.5, 0.6) is 5.75 Å². The smallest absolute Gasteiger partial charge is 0.345 e. The molecule has 1 aromatic rings. The number of hydroxylamine groups is 1. The van der Waals surface area contributed by atoms with Crippen LogP contribution in [-0.4, -0.2) is 24.9 Å². The van der Waals surface area contributed by atoms with Crippen LogP contribution in [0.4, 0.5) is 10.5 Å². The minimum absolute atomic E-state index is 0.448. The molecule has 2 rings (SSSR count). The average Bonchev–Trinajstić information content (AvgIpc) is 2.36. The monoisotopic (exact) mass is 222 g/mol. The first kappa shape index (κ1) is 10.8. The van der Waals surface area contributed by atoms with Gasteiger partial charge in [0.1, 0.15) is 5.75 Å². The van der Waals surface area contributed by atoms with Crippen molar-refractivity contribution < 1.29 is 14.7 Å². The summed E-state index contributed by atoms with van der Waals surface area (Å²) in [5, 5.41) is 12.5. The summed E-state index contributed by atoms with van der Waals surface area (Å²) in [5.74, 6) is 0.834. The minimum atomic E-state index is -0.559. The van der Waals surface area contributed by atoms with Crippen LogP contribution in [0.25, 0.3) is 0 Å². The lowest BCUT2D eigenvalue weighted by Gasteiger charge is -2.20. The number of nitrogens with zero attached hydrogens (tertiary/aromatic N) is 1. The van der Waals surface area contributed by atoms with E-state index in [0.29, 0.717) is 10.8 Å². The van der Waals surface area contributed by atoms with Crippen LogP contribution >= 0.6 is 0 Å². The lowest BCUT2D eigenvalue weighted by molar-refractivity contribution is 0.206. The van der Waals surface area contributed by atoms with Crippen LogP contribution in [0.2, 0.25) is 0 Å². The summed E-state index contributed by atoms with van der Waals surface area (Å²) >= 11 is 0. The Labute approximate surface area is 93.6 Å². The molecule has 0 saturated carbocycles. The predicted molar refractivity (Wildman–Crippen MR) is 59.0 cm³/mol. The van der Waals surface area contributed by atoms with Crippen molar-refractivity contribution >= 4 is 11.7 Å². The number of hydrogen-bond acceptors (Lipinski definition) is 3. The van der Waals surface area contributed by atoms with Crippen LogP contribution < -0.4 is 15.1 Å². The molecule has 0 bridgehead atoms. The van der Waals surface area contributed by atoms with Gasteiger partial charge < -0.3 is 10.1 Å². The highest BCUT2D eigenvalue weighted by molar-refractivity contribution is 5.89. The van der Waals surface area contributed by atoms with E-state index in [4.69, 9.17) is 4.74 Å². The van der Waals surface area contributed by atoms with Gasteiger partial charge in [0.05, 0.1) is 12.3 Å². The molecular weight excluding hydrogens is 208 g/mol.